The fraction of sp³-hybridized carbons (Fsp3) is 0.500. The van der Waals surface area contributed by atoms with Crippen LogP contribution in [-0.2, 0) is 4.57 Å². The van der Waals surface area contributed by atoms with Crippen LogP contribution in [0.15, 0.2) is 16.9 Å². The number of nitrogen functional groups attached to an aromatic ring is 2. The number of nitrogens with two attached hydrogens (primary N) is 2. The number of halogens is 4. The van der Waals surface area contributed by atoms with Gasteiger partial charge in [0.25, 0.3) is 5.56 Å². The average Bonchev–Trinajstić information content (AvgIpc) is 3.35. The van der Waals surface area contributed by atoms with Crippen molar-refractivity contribution < 1.29 is 4.57 Å². The van der Waals surface area contributed by atoms with Crippen molar-refractivity contribution in [1.82, 2.24) is 19.9 Å². The van der Waals surface area contributed by atoms with Gasteiger partial charge in [0, 0.05) is 17.9 Å². The number of hydrogen-bond acceptors (Lipinski definition) is 7. The predicted octanol–water partition coefficient (Wildman–Crippen LogP) is 5.90. The molecule has 0 atom stereocenters. The standard InChI is InChI=1S/C7H8ClN3.C7H9N3O.2CH4.Cl3OP/c8-6-3-5(4-1-2-4)10-7(9)11-6;8-7-9-5(4-1-2-4)3-6(11)10-7;;;1-5(2,3)4/h3-4H,1-2H2,(H2,9,10,11);3-4H,1-2H2,(H3,8,9,10,11);2*1H4;. The third-order valence-electron chi connectivity index (χ3n) is 3.50. The van der Waals surface area contributed by atoms with Gasteiger partial charge in [0.2, 0.25) is 11.9 Å². The van der Waals surface area contributed by atoms with Gasteiger partial charge >= 0.3 is 5.20 Å². The van der Waals surface area contributed by atoms with Crippen LogP contribution < -0.4 is 17.0 Å². The van der Waals surface area contributed by atoms with Gasteiger partial charge in [-0.15, -0.1) is 0 Å². The lowest BCUT2D eigenvalue weighted by Crippen LogP contribution is -2.11. The fourth-order valence-corrected chi connectivity index (χ4v) is 2.32. The molecule has 5 N–H and O–H groups in total. The largest absolute Gasteiger partial charge is 0.369 e. The molecule has 0 unspecified atom stereocenters. The van der Waals surface area contributed by atoms with Crippen molar-refractivity contribution in [1.29, 1.82) is 0 Å². The van der Waals surface area contributed by atoms with Crippen molar-refractivity contribution >= 4 is 62.4 Å². The second kappa shape index (κ2) is 12.0. The van der Waals surface area contributed by atoms with Crippen molar-refractivity contribution in [2.24, 2.45) is 0 Å². The molecule has 29 heavy (non-hydrogen) atoms. The van der Waals surface area contributed by atoms with Crippen molar-refractivity contribution in [3.63, 3.8) is 0 Å². The summed E-state index contributed by atoms with van der Waals surface area (Å²) in [4.78, 5) is 25.1. The molecule has 2 saturated carbocycles. The Bertz CT molecular complexity index is 871. The Morgan fingerprint density at radius 1 is 0.931 bits per heavy atom. The van der Waals surface area contributed by atoms with Crippen LogP contribution in [0.5, 0.6) is 0 Å². The SMILES string of the molecule is C.C.Nc1nc(C2CC2)cc(=O)[nH]1.Nc1nc(Cl)cc(C2CC2)n1.O=P(Cl)(Cl)Cl. The predicted molar refractivity (Wildman–Crippen MR) is 123 cm³/mol. The van der Waals surface area contributed by atoms with Gasteiger partial charge in [0.15, 0.2) is 0 Å². The molecule has 4 rings (SSSR count). The fourth-order valence-electron chi connectivity index (χ4n) is 2.13. The summed E-state index contributed by atoms with van der Waals surface area (Å²) in [7, 11) is 0. The maximum atomic E-state index is 10.9. The molecule has 2 aromatic rings. The molecule has 0 aliphatic heterocycles. The Labute approximate surface area is 189 Å². The van der Waals surface area contributed by atoms with Crippen molar-refractivity contribution in [3.05, 3.63) is 39.0 Å². The highest BCUT2D eigenvalue weighted by Crippen LogP contribution is 2.61. The maximum absolute atomic E-state index is 10.9. The van der Waals surface area contributed by atoms with Gasteiger partial charge in [-0.1, -0.05) is 26.5 Å². The van der Waals surface area contributed by atoms with Crippen LogP contribution in [0.1, 0.15) is 63.8 Å². The van der Waals surface area contributed by atoms with Crippen LogP contribution in [-0.4, -0.2) is 19.9 Å². The van der Waals surface area contributed by atoms with Gasteiger partial charge in [-0.3, -0.25) is 14.3 Å². The molecule has 2 aliphatic rings. The monoisotopic (exact) mass is 504 g/mol. The first-order chi connectivity index (χ1) is 12.5. The van der Waals surface area contributed by atoms with E-state index in [9.17, 15) is 9.36 Å². The highest BCUT2D eigenvalue weighted by atomic mass is 36.0. The minimum absolute atomic E-state index is 0. The number of aromatic nitrogens is 4. The smallest absolute Gasteiger partial charge is 0.339 e. The number of nitrogens with one attached hydrogen (secondary N) is 1. The molecule has 13 heteroatoms. The molecule has 2 heterocycles. The Balaban J connectivity index is 0.000000420. The summed E-state index contributed by atoms with van der Waals surface area (Å²) in [5.74, 6) is 1.57. The molecule has 164 valence electrons. The van der Waals surface area contributed by atoms with Gasteiger partial charge < -0.3 is 11.5 Å². The van der Waals surface area contributed by atoms with E-state index in [-0.39, 0.29) is 32.3 Å². The zero-order chi connectivity index (χ0) is 20.2. The van der Waals surface area contributed by atoms with Gasteiger partial charge in [0.05, 0.1) is 11.4 Å². The quantitative estimate of drug-likeness (QED) is 0.340. The first kappa shape index (κ1) is 27.9. The zero-order valence-corrected chi connectivity index (χ0v) is 17.8. The molecule has 2 fully saturated rings. The van der Waals surface area contributed by atoms with Gasteiger partial charge in [0.1, 0.15) is 5.15 Å². The van der Waals surface area contributed by atoms with Gasteiger partial charge in [-0.05, 0) is 65.5 Å². The molecule has 0 saturated heterocycles. The summed E-state index contributed by atoms with van der Waals surface area (Å²) in [6.45, 7) is 0. The number of aromatic amines is 1. The van der Waals surface area contributed by atoms with E-state index in [1.54, 1.807) is 6.07 Å². The van der Waals surface area contributed by atoms with Gasteiger partial charge in [-0.25, -0.2) is 15.0 Å². The van der Waals surface area contributed by atoms with Crippen LogP contribution in [0.2, 0.25) is 5.15 Å². The molecule has 2 aliphatic carbocycles. The number of rotatable bonds is 2. The lowest BCUT2D eigenvalue weighted by molar-refractivity contribution is 0.600. The van der Waals surface area contributed by atoms with Crippen LogP contribution >= 0.6 is 50.5 Å². The van der Waals surface area contributed by atoms with Crippen LogP contribution in [0.25, 0.3) is 0 Å². The molecule has 0 spiro atoms. The number of anilines is 2. The van der Waals surface area contributed by atoms with Gasteiger partial charge in [-0.2, -0.15) is 0 Å². The Morgan fingerprint density at radius 2 is 1.38 bits per heavy atom. The summed E-state index contributed by atoms with van der Waals surface area (Å²) in [5.41, 5.74) is 12.5. The molecule has 2 aromatic heterocycles. The average molecular weight is 506 g/mol. The molecular weight excluding hydrogens is 481 g/mol. The Morgan fingerprint density at radius 3 is 1.76 bits per heavy atom. The third-order valence-corrected chi connectivity index (χ3v) is 3.70. The number of H-pyrrole nitrogens is 1. The second-order valence-electron chi connectivity index (χ2n) is 5.98. The van der Waals surface area contributed by atoms with E-state index in [1.807, 2.05) is 0 Å². The molecular formula is C16H25Cl4N6O2P. The van der Waals surface area contributed by atoms with Crippen LogP contribution in [0.3, 0.4) is 0 Å². The van der Waals surface area contributed by atoms with Crippen LogP contribution in [0, 0.1) is 0 Å². The Hall–Kier alpha value is -1.05. The van der Waals surface area contributed by atoms with Crippen molar-refractivity contribution in [3.8, 4) is 0 Å². The summed E-state index contributed by atoms with van der Waals surface area (Å²) in [6.07, 6.45) is 4.67. The first-order valence-electron chi connectivity index (χ1n) is 7.87. The van der Waals surface area contributed by atoms with E-state index < -0.39 is 5.20 Å². The summed E-state index contributed by atoms with van der Waals surface area (Å²) in [6, 6.07) is 3.31. The first-order valence-corrected chi connectivity index (χ1v) is 12.7. The van der Waals surface area contributed by atoms with E-state index in [1.165, 1.54) is 18.9 Å². The van der Waals surface area contributed by atoms with E-state index in [0.717, 1.165) is 24.2 Å². The van der Waals surface area contributed by atoms with Crippen LogP contribution in [0.4, 0.5) is 11.9 Å². The third kappa shape index (κ3) is 12.3. The highest BCUT2D eigenvalue weighted by Gasteiger charge is 2.26. The lowest BCUT2D eigenvalue weighted by Gasteiger charge is -1.98. The number of nitrogens with zero attached hydrogens (tertiary/aromatic N) is 3. The van der Waals surface area contributed by atoms with E-state index in [2.05, 4.69) is 53.7 Å². The molecule has 0 amide bonds. The summed E-state index contributed by atoms with van der Waals surface area (Å²) < 4.78 is 9.51. The van der Waals surface area contributed by atoms with E-state index >= 15 is 0 Å². The maximum Gasteiger partial charge on any atom is 0.339 e. The van der Waals surface area contributed by atoms with E-state index in [4.69, 9.17) is 23.1 Å². The molecule has 0 radical (unpaired) electrons. The zero-order valence-electron chi connectivity index (χ0n) is 13.9. The number of hydrogen-bond donors (Lipinski definition) is 3. The lowest BCUT2D eigenvalue weighted by atomic mass is 10.3. The second-order valence-corrected chi connectivity index (χ2v) is 13.0. The normalized spacial score (nSPS) is 14.8. The molecule has 8 nitrogen and oxygen atoms in total. The highest BCUT2D eigenvalue weighted by molar-refractivity contribution is 8.24. The van der Waals surface area contributed by atoms with E-state index in [0.29, 0.717) is 17.0 Å². The molecule has 0 aromatic carbocycles. The minimum atomic E-state index is -3.22. The summed E-state index contributed by atoms with van der Waals surface area (Å²) >= 11 is 19.5. The minimum Gasteiger partial charge on any atom is -0.369 e. The molecule has 0 bridgehead atoms. The van der Waals surface area contributed by atoms with Crippen molar-refractivity contribution in [2.75, 3.05) is 11.5 Å². The Kier molecular flexibility index (Phi) is 11.5. The van der Waals surface area contributed by atoms with Crippen molar-refractivity contribution in [2.45, 2.75) is 52.4 Å². The summed E-state index contributed by atoms with van der Waals surface area (Å²) in [5, 5.41) is -2.78. The topological polar surface area (TPSA) is 141 Å².